The van der Waals surface area contributed by atoms with E-state index in [4.69, 9.17) is 0 Å². The largest absolute Gasteiger partial charge is 0.322 e. The van der Waals surface area contributed by atoms with Gasteiger partial charge >= 0.3 is 6.03 Å². The zero-order valence-electron chi connectivity index (χ0n) is 11.6. The Hall–Kier alpha value is -0.990. The van der Waals surface area contributed by atoms with E-state index in [0.717, 1.165) is 25.8 Å². The Balaban J connectivity index is 2.48. The molecule has 0 aromatic carbocycles. The third-order valence-corrected chi connectivity index (χ3v) is 3.15. The average molecular weight is 238 g/mol. The van der Waals surface area contributed by atoms with Crippen LogP contribution in [0.4, 0.5) is 4.79 Å². The first-order valence-corrected chi connectivity index (χ1v) is 6.69. The predicted molar refractivity (Wildman–Crippen MR) is 71.8 cm³/mol. The molecule has 0 aliphatic carbocycles. The molecule has 0 saturated carbocycles. The topological polar surface area (TPSA) is 32.3 Å². The molecule has 3 heteroatoms. The van der Waals surface area contributed by atoms with E-state index in [9.17, 15) is 4.79 Å². The standard InChI is InChI=1S/C14H26N2O/c1-5-12-8-6-7-11-16(12)13(17)15-10-9-14(2,3)4/h9-10,12H,5-8,11H2,1-4H3,(H,15,17)/b10-9+. The fourth-order valence-electron chi connectivity index (χ4n) is 2.14. The molecule has 1 aliphatic heterocycles. The van der Waals surface area contributed by atoms with Gasteiger partial charge in [-0.3, -0.25) is 0 Å². The van der Waals surface area contributed by atoms with Crippen LogP contribution in [0, 0.1) is 5.41 Å². The van der Waals surface area contributed by atoms with Crippen LogP contribution in [-0.2, 0) is 0 Å². The molecule has 0 spiro atoms. The summed E-state index contributed by atoms with van der Waals surface area (Å²) in [6.07, 6.45) is 8.38. The lowest BCUT2D eigenvalue weighted by Gasteiger charge is -2.34. The highest BCUT2D eigenvalue weighted by molar-refractivity contribution is 5.75. The van der Waals surface area contributed by atoms with Crippen LogP contribution >= 0.6 is 0 Å². The minimum atomic E-state index is 0.0528. The molecular weight excluding hydrogens is 212 g/mol. The van der Waals surface area contributed by atoms with Crippen molar-refractivity contribution >= 4 is 6.03 Å². The molecule has 1 rings (SSSR count). The zero-order valence-corrected chi connectivity index (χ0v) is 11.6. The summed E-state index contributed by atoms with van der Waals surface area (Å²) in [4.78, 5) is 14.0. The van der Waals surface area contributed by atoms with Gasteiger partial charge in [-0.1, -0.05) is 33.8 Å². The maximum absolute atomic E-state index is 12.0. The van der Waals surface area contributed by atoms with Gasteiger partial charge in [-0.25, -0.2) is 4.79 Å². The molecular formula is C14H26N2O. The van der Waals surface area contributed by atoms with Crippen molar-refractivity contribution in [3.8, 4) is 0 Å². The number of hydrogen-bond donors (Lipinski definition) is 1. The van der Waals surface area contributed by atoms with Crippen molar-refractivity contribution in [1.82, 2.24) is 10.2 Å². The van der Waals surface area contributed by atoms with Crippen LogP contribution in [0.5, 0.6) is 0 Å². The summed E-state index contributed by atoms with van der Waals surface area (Å²) >= 11 is 0. The molecule has 1 fully saturated rings. The molecule has 1 atom stereocenters. The maximum Gasteiger partial charge on any atom is 0.321 e. The SMILES string of the molecule is CCC1CCCCN1C(=O)N/C=C/C(C)(C)C. The summed E-state index contributed by atoms with van der Waals surface area (Å²) in [7, 11) is 0. The number of urea groups is 1. The normalized spacial score (nSPS) is 21.9. The van der Waals surface area contributed by atoms with E-state index in [1.165, 1.54) is 6.42 Å². The van der Waals surface area contributed by atoms with E-state index in [2.05, 4.69) is 33.0 Å². The Bertz CT molecular complexity index is 278. The second kappa shape index (κ2) is 6.08. The summed E-state index contributed by atoms with van der Waals surface area (Å²) in [5.74, 6) is 0. The summed E-state index contributed by atoms with van der Waals surface area (Å²) in [5, 5.41) is 2.88. The van der Waals surface area contributed by atoms with Crippen LogP contribution in [0.1, 0.15) is 53.4 Å². The number of carbonyl (C=O) groups is 1. The predicted octanol–water partition coefficient (Wildman–Crippen LogP) is 3.52. The van der Waals surface area contributed by atoms with Crippen molar-refractivity contribution in [2.45, 2.75) is 59.4 Å². The molecule has 0 aromatic rings. The van der Waals surface area contributed by atoms with Crippen molar-refractivity contribution in [1.29, 1.82) is 0 Å². The van der Waals surface area contributed by atoms with Crippen LogP contribution < -0.4 is 5.32 Å². The molecule has 1 heterocycles. The summed E-state index contributed by atoms with van der Waals surface area (Å²) < 4.78 is 0. The summed E-state index contributed by atoms with van der Waals surface area (Å²) in [6, 6.07) is 0.476. The van der Waals surface area contributed by atoms with Gasteiger partial charge in [0.25, 0.3) is 0 Å². The van der Waals surface area contributed by atoms with E-state index in [-0.39, 0.29) is 11.4 Å². The number of hydrogen-bond acceptors (Lipinski definition) is 1. The third-order valence-electron chi connectivity index (χ3n) is 3.15. The Labute approximate surface area is 105 Å². The minimum absolute atomic E-state index is 0.0528. The van der Waals surface area contributed by atoms with E-state index >= 15 is 0 Å². The molecule has 1 saturated heterocycles. The monoisotopic (exact) mass is 238 g/mol. The van der Waals surface area contributed by atoms with Crippen LogP contribution in [0.25, 0.3) is 0 Å². The first-order valence-electron chi connectivity index (χ1n) is 6.69. The molecule has 3 nitrogen and oxygen atoms in total. The second-order valence-corrected chi connectivity index (χ2v) is 5.90. The fraction of sp³-hybridized carbons (Fsp3) is 0.786. The lowest BCUT2D eigenvalue weighted by Crippen LogP contribution is -2.47. The Morgan fingerprint density at radius 3 is 2.71 bits per heavy atom. The molecule has 0 radical (unpaired) electrons. The lowest BCUT2D eigenvalue weighted by molar-refractivity contribution is 0.152. The molecule has 98 valence electrons. The van der Waals surface area contributed by atoms with E-state index in [1.54, 1.807) is 6.20 Å². The van der Waals surface area contributed by atoms with Crippen molar-refractivity contribution in [2.24, 2.45) is 5.41 Å². The molecule has 1 unspecified atom stereocenters. The molecule has 2 amide bonds. The first kappa shape index (κ1) is 14.1. The number of piperidine rings is 1. The molecule has 1 N–H and O–H groups in total. The number of nitrogens with zero attached hydrogens (tertiary/aromatic N) is 1. The quantitative estimate of drug-likeness (QED) is 0.784. The first-order chi connectivity index (χ1) is 7.94. The zero-order chi connectivity index (χ0) is 12.9. The number of likely N-dealkylation sites (tertiary alicyclic amines) is 1. The van der Waals surface area contributed by atoms with Crippen LogP contribution in [0.15, 0.2) is 12.3 Å². The van der Waals surface area contributed by atoms with Crippen LogP contribution in [0.2, 0.25) is 0 Å². The highest BCUT2D eigenvalue weighted by atomic mass is 16.2. The van der Waals surface area contributed by atoms with Gasteiger partial charge in [0.15, 0.2) is 0 Å². The minimum Gasteiger partial charge on any atom is -0.322 e. The molecule has 1 aliphatic rings. The van der Waals surface area contributed by atoms with Gasteiger partial charge in [0.1, 0.15) is 0 Å². The number of allylic oxidation sites excluding steroid dienone is 1. The van der Waals surface area contributed by atoms with E-state index in [0.29, 0.717) is 6.04 Å². The number of amides is 2. The van der Waals surface area contributed by atoms with Crippen molar-refractivity contribution in [2.75, 3.05) is 6.54 Å². The van der Waals surface area contributed by atoms with Gasteiger partial charge in [-0.15, -0.1) is 0 Å². The highest BCUT2D eigenvalue weighted by Crippen LogP contribution is 2.19. The molecule has 0 bridgehead atoms. The Morgan fingerprint density at radius 2 is 2.12 bits per heavy atom. The van der Waals surface area contributed by atoms with Crippen molar-refractivity contribution in [3.63, 3.8) is 0 Å². The summed E-state index contributed by atoms with van der Waals surface area (Å²) in [5.41, 5.74) is 0.110. The average Bonchev–Trinajstić information content (AvgIpc) is 2.27. The lowest BCUT2D eigenvalue weighted by atomic mass is 9.97. The molecule has 0 aromatic heterocycles. The Morgan fingerprint density at radius 1 is 1.41 bits per heavy atom. The van der Waals surface area contributed by atoms with Gasteiger partial charge in [0.05, 0.1) is 0 Å². The van der Waals surface area contributed by atoms with Gasteiger partial charge < -0.3 is 10.2 Å². The van der Waals surface area contributed by atoms with Gasteiger partial charge in [0.2, 0.25) is 0 Å². The maximum atomic E-state index is 12.0. The number of rotatable bonds is 2. The molecule has 17 heavy (non-hydrogen) atoms. The van der Waals surface area contributed by atoms with Crippen LogP contribution in [-0.4, -0.2) is 23.5 Å². The van der Waals surface area contributed by atoms with Crippen molar-refractivity contribution < 1.29 is 4.79 Å². The Kier molecular flexibility index (Phi) is 5.03. The van der Waals surface area contributed by atoms with Gasteiger partial charge in [-0.05, 0) is 31.1 Å². The fourth-order valence-corrected chi connectivity index (χ4v) is 2.14. The smallest absolute Gasteiger partial charge is 0.321 e. The number of nitrogens with one attached hydrogen (secondary N) is 1. The van der Waals surface area contributed by atoms with E-state index < -0.39 is 0 Å². The van der Waals surface area contributed by atoms with Gasteiger partial charge in [-0.2, -0.15) is 0 Å². The van der Waals surface area contributed by atoms with Gasteiger partial charge in [0, 0.05) is 18.8 Å². The highest BCUT2D eigenvalue weighted by Gasteiger charge is 2.24. The van der Waals surface area contributed by atoms with E-state index in [1.807, 2.05) is 11.0 Å². The summed E-state index contributed by atoms with van der Waals surface area (Å²) in [6.45, 7) is 9.40. The number of carbonyl (C=O) groups excluding carboxylic acids is 1. The second-order valence-electron chi connectivity index (χ2n) is 5.90. The van der Waals surface area contributed by atoms with Crippen molar-refractivity contribution in [3.05, 3.63) is 12.3 Å². The van der Waals surface area contributed by atoms with Crippen LogP contribution in [0.3, 0.4) is 0 Å². The third kappa shape index (κ3) is 4.80.